The molecule has 19 heavy (non-hydrogen) atoms. The lowest BCUT2D eigenvalue weighted by Gasteiger charge is -2.18. The van der Waals surface area contributed by atoms with Crippen LogP contribution in [0.4, 0.5) is 0 Å². The van der Waals surface area contributed by atoms with Crippen molar-refractivity contribution in [3.63, 3.8) is 0 Å². The summed E-state index contributed by atoms with van der Waals surface area (Å²) in [4.78, 5) is 0. The largest absolute Gasteiger partial charge is 0.335 e. The lowest BCUT2D eigenvalue weighted by molar-refractivity contribution is 0.221. The highest BCUT2D eigenvalue weighted by Gasteiger charge is 2.25. The Hall–Kier alpha value is 0.530. The zero-order valence-electron chi connectivity index (χ0n) is 9.95. The van der Waals surface area contributed by atoms with E-state index < -0.39 is 7.60 Å². The van der Waals surface area contributed by atoms with Gasteiger partial charge in [-0.1, -0.05) is 29.3 Å². The molecular formula is C11H13Cl4O3P. The van der Waals surface area contributed by atoms with Crippen molar-refractivity contribution < 1.29 is 13.6 Å². The molecule has 0 amide bonds. The van der Waals surface area contributed by atoms with Crippen molar-refractivity contribution in [3.05, 3.63) is 33.8 Å². The summed E-state index contributed by atoms with van der Waals surface area (Å²) in [5.41, 5.74) is 0.710. The van der Waals surface area contributed by atoms with Crippen LogP contribution in [0.15, 0.2) is 18.2 Å². The predicted octanol–water partition coefficient (Wildman–Crippen LogP) is 5.20. The predicted molar refractivity (Wildman–Crippen MR) is 81.1 cm³/mol. The molecule has 8 heteroatoms. The monoisotopic (exact) mass is 364 g/mol. The SMILES string of the molecule is O=P(Cc1ccc(Cl)c(Cl)c1)(OCCCl)OCCCl. The molecule has 0 unspecified atom stereocenters. The molecule has 0 spiro atoms. The van der Waals surface area contributed by atoms with Gasteiger partial charge in [-0.2, -0.15) is 0 Å². The second kappa shape index (κ2) is 8.74. The second-order valence-electron chi connectivity index (χ2n) is 3.56. The van der Waals surface area contributed by atoms with Gasteiger partial charge in [0.15, 0.2) is 0 Å². The molecule has 1 aromatic rings. The fourth-order valence-electron chi connectivity index (χ4n) is 1.34. The van der Waals surface area contributed by atoms with Gasteiger partial charge in [0.2, 0.25) is 0 Å². The summed E-state index contributed by atoms with van der Waals surface area (Å²) >= 11 is 22.8. The molecular weight excluding hydrogens is 353 g/mol. The minimum Gasteiger partial charge on any atom is -0.307 e. The number of hydrogen-bond donors (Lipinski definition) is 0. The maximum atomic E-state index is 12.5. The molecule has 0 N–H and O–H groups in total. The topological polar surface area (TPSA) is 35.5 Å². The van der Waals surface area contributed by atoms with Crippen LogP contribution in [0, 0.1) is 0 Å². The van der Waals surface area contributed by atoms with E-state index in [0.29, 0.717) is 15.6 Å². The molecule has 1 rings (SSSR count). The first-order chi connectivity index (χ1) is 9.00. The van der Waals surface area contributed by atoms with Gasteiger partial charge >= 0.3 is 7.60 Å². The lowest BCUT2D eigenvalue weighted by atomic mass is 10.2. The van der Waals surface area contributed by atoms with Crippen LogP contribution in [0.3, 0.4) is 0 Å². The molecule has 0 aliphatic heterocycles. The second-order valence-corrected chi connectivity index (χ2v) is 7.19. The first-order valence-electron chi connectivity index (χ1n) is 5.45. The molecule has 0 atom stereocenters. The standard InChI is InChI=1S/C11H13Cl4O3P/c12-3-5-17-19(16,18-6-4-13)8-9-1-2-10(14)11(15)7-9/h1-2,7H,3-6,8H2. The van der Waals surface area contributed by atoms with Crippen LogP contribution in [-0.2, 0) is 19.8 Å². The Kier molecular flexibility index (Phi) is 8.08. The molecule has 1 aromatic carbocycles. The highest BCUT2D eigenvalue weighted by Crippen LogP contribution is 2.51. The molecule has 0 fully saturated rings. The number of benzene rings is 1. The van der Waals surface area contributed by atoms with Gasteiger partial charge in [0.05, 0.1) is 29.4 Å². The third-order valence-electron chi connectivity index (χ3n) is 2.09. The first-order valence-corrected chi connectivity index (χ1v) is 9.00. The van der Waals surface area contributed by atoms with Crippen LogP contribution < -0.4 is 0 Å². The number of rotatable bonds is 8. The summed E-state index contributed by atoms with van der Waals surface area (Å²) in [6.45, 7) is 0.283. The molecule has 0 bridgehead atoms. The van der Waals surface area contributed by atoms with Crippen LogP contribution in [0.5, 0.6) is 0 Å². The van der Waals surface area contributed by atoms with Gasteiger partial charge in [0.1, 0.15) is 0 Å². The molecule has 3 nitrogen and oxygen atoms in total. The summed E-state index contributed by atoms with van der Waals surface area (Å²) in [7, 11) is -3.28. The number of alkyl halides is 2. The third-order valence-corrected chi connectivity index (χ3v) is 5.04. The van der Waals surface area contributed by atoms with Crippen molar-refractivity contribution in [2.75, 3.05) is 25.0 Å². The Morgan fingerprint density at radius 1 is 1.00 bits per heavy atom. The lowest BCUT2D eigenvalue weighted by Crippen LogP contribution is -2.03. The van der Waals surface area contributed by atoms with Gasteiger partial charge < -0.3 is 9.05 Å². The van der Waals surface area contributed by atoms with Gasteiger partial charge in [0.25, 0.3) is 0 Å². The van der Waals surface area contributed by atoms with Crippen molar-refractivity contribution in [1.82, 2.24) is 0 Å². The summed E-state index contributed by atoms with van der Waals surface area (Å²) in [6.07, 6.45) is 0.0949. The maximum Gasteiger partial charge on any atom is 0.335 e. The van der Waals surface area contributed by atoms with E-state index >= 15 is 0 Å². The number of halogens is 4. The molecule has 0 aliphatic carbocycles. The normalized spacial score (nSPS) is 11.8. The van der Waals surface area contributed by atoms with Crippen molar-refractivity contribution in [1.29, 1.82) is 0 Å². The highest BCUT2D eigenvalue weighted by molar-refractivity contribution is 7.53. The fraction of sp³-hybridized carbons (Fsp3) is 0.455. The van der Waals surface area contributed by atoms with Gasteiger partial charge in [-0.25, -0.2) is 0 Å². The molecule has 0 heterocycles. The minimum absolute atomic E-state index is 0.0949. The quantitative estimate of drug-likeness (QED) is 0.469. The summed E-state index contributed by atoms with van der Waals surface area (Å²) in [5.74, 6) is 0.463. The van der Waals surface area contributed by atoms with E-state index in [9.17, 15) is 4.57 Å². The molecule has 0 saturated heterocycles. The van der Waals surface area contributed by atoms with Gasteiger partial charge in [-0.15, -0.1) is 23.2 Å². The molecule has 0 aliphatic rings. The van der Waals surface area contributed by atoms with E-state index in [1.54, 1.807) is 18.2 Å². The van der Waals surface area contributed by atoms with Crippen LogP contribution >= 0.6 is 54.0 Å². The van der Waals surface area contributed by atoms with Gasteiger partial charge in [-0.05, 0) is 17.7 Å². The van der Waals surface area contributed by atoms with Crippen molar-refractivity contribution in [3.8, 4) is 0 Å². The van der Waals surface area contributed by atoms with Crippen LogP contribution in [0.25, 0.3) is 0 Å². The average molecular weight is 366 g/mol. The zero-order valence-corrected chi connectivity index (χ0v) is 13.9. The van der Waals surface area contributed by atoms with Gasteiger partial charge in [0, 0.05) is 11.8 Å². The average Bonchev–Trinajstić information content (AvgIpc) is 2.39. The van der Waals surface area contributed by atoms with Crippen LogP contribution in [0.1, 0.15) is 5.56 Å². The van der Waals surface area contributed by atoms with E-state index in [1.807, 2.05) is 0 Å². The summed E-state index contributed by atoms with van der Waals surface area (Å²) < 4.78 is 22.9. The maximum absolute atomic E-state index is 12.5. The molecule has 0 aromatic heterocycles. The van der Waals surface area contributed by atoms with Crippen LogP contribution in [0.2, 0.25) is 10.0 Å². The third kappa shape index (κ3) is 6.22. The van der Waals surface area contributed by atoms with E-state index in [0.717, 1.165) is 0 Å². The fourth-order valence-corrected chi connectivity index (χ4v) is 3.67. The van der Waals surface area contributed by atoms with Gasteiger partial charge in [-0.3, -0.25) is 4.57 Å². The smallest absolute Gasteiger partial charge is 0.307 e. The minimum atomic E-state index is -3.28. The van der Waals surface area contributed by atoms with E-state index in [1.165, 1.54) is 0 Å². The summed E-state index contributed by atoms with van der Waals surface area (Å²) in [6, 6.07) is 4.98. The number of hydrogen-bond acceptors (Lipinski definition) is 3. The van der Waals surface area contributed by atoms with E-state index in [4.69, 9.17) is 55.5 Å². The molecule has 0 saturated carbocycles. The van der Waals surface area contributed by atoms with Crippen molar-refractivity contribution >= 4 is 54.0 Å². The first kappa shape index (κ1) is 17.6. The molecule has 0 radical (unpaired) electrons. The Morgan fingerprint density at radius 2 is 1.58 bits per heavy atom. The highest BCUT2D eigenvalue weighted by atomic mass is 35.5. The van der Waals surface area contributed by atoms with Crippen molar-refractivity contribution in [2.45, 2.75) is 6.16 Å². The van der Waals surface area contributed by atoms with E-state index in [-0.39, 0.29) is 31.1 Å². The summed E-state index contributed by atoms with van der Waals surface area (Å²) in [5, 5.41) is 0.823. The van der Waals surface area contributed by atoms with Crippen molar-refractivity contribution in [2.24, 2.45) is 0 Å². The zero-order chi connectivity index (χ0) is 14.3. The van der Waals surface area contributed by atoms with Crippen LogP contribution in [-0.4, -0.2) is 25.0 Å². The Balaban J connectivity index is 2.80. The molecule has 108 valence electrons. The Morgan fingerprint density at radius 3 is 2.05 bits per heavy atom. The van der Waals surface area contributed by atoms with E-state index in [2.05, 4.69) is 0 Å². The Bertz CT molecular complexity index is 444. The Labute approximate surface area is 132 Å².